The summed E-state index contributed by atoms with van der Waals surface area (Å²) >= 11 is 0. The molecule has 1 unspecified atom stereocenters. The van der Waals surface area contributed by atoms with Crippen molar-refractivity contribution < 1.29 is 17.6 Å². The summed E-state index contributed by atoms with van der Waals surface area (Å²) in [6, 6.07) is 16.3. The Labute approximate surface area is 145 Å². The molecule has 0 amide bonds. The Balaban J connectivity index is 1.71. The smallest absolute Gasteiger partial charge is 0.336 e. The molecule has 3 rings (SSSR count). The van der Waals surface area contributed by atoms with Gasteiger partial charge in [0, 0.05) is 18.0 Å². The van der Waals surface area contributed by atoms with E-state index in [9.17, 15) is 13.2 Å². The Morgan fingerprint density at radius 3 is 2.60 bits per heavy atom. The minimum atomic E-state index is -3.70. The normalized spacial score (nSPS) is 12.8. The first kappa shape index (κ1) is 17.2. The number of hydrogen-bond acceptors (Lipinski definition) is 5. The van der Waals surface area contributed by atoms with Crippen LogP contribution in [-0.2, 0) is 10.0 Å². The molecular weight excluding hydrogens is 342 g/mol. The van der Waals surface area contributed by atoms with Crippen molar-refractivity contribution in [2.45, 2.75) is 17.9 Å². The number of ether oxygens (including phenoxy) is 1. The highest BCUT2D eigenvalue weighted by Crippen LogP contribution is 2.18. The standard InChI is InChI=1S/C18H17NO5S/c1-13(23-15-5-3-2-4-6-15)12-19-25(21,22)16-8-9-17-14(11-16)7-10-18(20)24-17/h2-11,13,19H,12H2,1H3. The van der Waals surface area contributed by atoms with Gasteiger partial charge in [-0.2, -0.15) is 0 Å². The van der Waals surface area contributed by atoms with Crippen LogP contribution in [0, 0.1) is 0 Å². The highest BCUT2D eigenvalue weighted by Gasteiger charge is 2.16. The molecule has 1 heterocycles. The van der Waals surface area contributed by atoms with Crippen molar-refractivity contribution in [3.8, 4) is 5.75 Å². The average Bonchev–Trinajstić information content (AvgIpc) is 2.60. The monoisotopic (exact) mass is 359 g/mol. The van der Waals surface area contributed by atoms with Crippen LogP contribution in [-0.4, -0.2) is 21.1 Å². The van der Waals surface area contributed by atoms with Gasteiger partial charge in [-0.05, 0) is 43.3 Å². The first-order valence-electron chi connectivity index (χ1n) is 7.69. The molecule has 0 fully saturated rings. The quantitative estimate of drug-likeness (QED) is 0.684. The summed E-state index contributed by atoms with van der Waals surface area (Å²) in [5, 5.41) is 0.538. The van der Waals surface area contributed by atoms with Crippen LogP contribution >= 0.6 is 0 Å². The fourth-order valence-electron chi connectivity index (χ4n) is 2.30. The van der Waals surface area contributed by atoms with Gasteiger partial charge < -0.3 is 9.15 Å². The number of hydrogen-bond donors (Lipinski definition) is 1. The average molecular weight is 359 g/mol. The van der Waals surface area contributed by atoms with Crippen molar-refractivity contribution in [2.75, 3.05) is 6.54 Å². The van der Waals surface area contributed by atoms with Crippen LogP contribution in [0.4, 0.5) is 0 Å². The lowest BCUT2D eigenvalue weighted by atomic mass is 10.2. The second-order valence-electron chi connectivity index (χ2n) is 5.55. The number of nitrogens with one attached hydrogen (secondary N) is 1. The Hall–Kier alpha value is -2.64. The summed E-state index contributed by atoms with van der Waals surface area (Å²) in [4.78, 5) is 11.3. The molecule has 0 radical (unpaired) electrons. The molecule has 0 saturated heterocycles. The summed E-state index contributed by atoms with van der Waals surface area (Å²) in [6.07, 6.45) is -0.337. The van der Waals surface area contributed by atoms with Crippen molar-refractivity contribution >= 4 is 21.0 Å². The lowest BCUT2D eigenvalue weighted by Crippen LogP contribution is -2.33. The van der Waals surface area contributed by atoms with E-state index >= 15 is 0 Å². The van der Waals surface area contributed by atoms with Gasteiger partial charge in [0.15, 0.2) is 0 Å². The summed E-state index contributed by atoms with van der Waals surface area (Å²) in [5.74, 6) is 0.676. The molecule has 7 heteroatoms. The fourth-order valence-corrected chi connectivity index (χ4v) is 3.45. The van der Waals surface area contributed by atoms with E-state index in [2.05, 4.69) is 4.72 Å². The minimum Gasteiger partial charge on any atom is -0.489 e. The number of para-hydroxylation sites is 1. The van der Waals surface area contributed by atoms with Crippen LogP contribution < -0.4 is 15.1 Å². The topological polar surface area (TPSA) is 85.6 Å². The van der Waals surface area contributed by atoms with Gasteiger partial charge in [0.05, 0.1) is 4.90 Å². The molecule has 1 aromatic heterocycles. The molecule has 2 aromatic carbocycles. The molecule has 1 N–H and O–H groups in total. The molecule has 0 aliphatic rings. The number of sulfonamides is 1. The maximum absolute atomic E-state index is 12.4. The number of benzene rings is 2. The van der Waals surface area contributed by atoms with Gasteiger partial charge in [-0.3, -0.25) is 0 Å². The third-order valence-corrected chi connectivity index (χ3v) is 4.96. The van der Waals surface area contributed by atoms with Crippen molar-refractivity contribution in [2.24, 2.45) is 0 Å². The molecule has 130 valence electrons. The zero-order valence-corrected chi connectivity index (χ0v) is 14.3. The molecule has 0 aliphatic carbocycles. The zero-order chi connectivity index (χ0) is 17.9. The second-order valence-corrected chi connectivity index (χ2v) is 7.31. The third kappa shape index (κ3) is 4.26. The van der Waals surface area contributed by atoms with Gasteiger partial charge in [0.2, 0.25) is 10.0 Å². The zero-order valence-electron chi connectivity index (χ0n) is 13.5. The maximum Gasteiger partial charge on any atom is 0.336 e. The molecule has 0 saturated carbocycles. The molecule has 3 aromatic rings. The summed E-state index contributed by atoms with van der Waals surface area (Å²) in [6.45, 7) is 1.91. The van der Waals surface area contributed by atoms with E-state index < -0.39 is 15.6 Å². The Kier molecular flexibility index (Phi) is 4.87. The Bertz CT molecular complexity index is 1030. The SMILES string of the molecule is CC(CNS(=O)(=O)c1ccc2oc(=O)ccc2c1)Oc1ccccc1. The van der Waals surface area contributed by atoms with Crippen LogP contribution in [0.25, 0.3) is 11.0 Å². The van der Waals surface area contributed by atoms with Crippen molar-refractivity contribution in [1.29, 1.82) is 0 Å². The Morgan fingerprint density at radius 2 is 1.84 bits per heavy atom. The third-order valence-electron chi connectivity index (χ3n) is 3.54. The van der Waals surface area contributed by atoms with Gasteiger partial charge in [-0.25, -0.2) is 17.9 Å². The lowest BCUT2D eigenvalue weighted by Gasteiger charge is -2.15. The highest BCUT2D eigenvalue weighted by atomic mass is 32.2. The van der Waals surface area contributed by atoms with Crippen LogP contribution in [0.5, 0.6) is 5.75 Å². The predicted molar refractivity (Wildman–Crippen MR) is 94.2 cm³/mol. The molecule has 25 heavy (non-hydrogen) atoms. The van der Waals surface area contributed by atoms with Crippen LogP contribution in [0.1, 0.15) is 6.92 Å². The van der Waals surface area contributed by atoms with Crippen molar-refractivity contribution in [3.05, 3.63) is 71.1 Å². The lowest BCUT2D eigenvalue weighted by molar-refractivity contribution is 0.225. The van der Waals surface area contributed by atoms with Crippen molar-refractivity contribution in [3.63, 3.8) is 0 Å². The van der Waals surface area contributed by atoms with E-state index in [-0.39, 0.29) is 17.5 Å². The first-order valence-corrected chi connectivity index (χ1v) is 9.18. The molecule has 0 bridgehead atoms. The largest absolute Gasteiger partial charge is 0.489 e. The Morgan fingerprint density at radius 1 is 1.08 bits per heavy atom. The molecular formula is C18H17NO5S. The van der Waals surface area contributed by atoms with Crippen molar-refractivity contribution in [1.82, 2.24) is 4.72 Å². The van der Waals surface area contributed by atoms with E-state index in [1.807, 2.05) is 30.3 Å². The molecule has 0 aliphatic heterocycles. The van der Waals surface area contributed by atoms with Gasteiger partial charge in [-0.15, -0.1) is 0 Å². The van der Waals surface area contributed by atoms with Gasteiger partial charge in [0.25, 0.3) is 0 Å². The summed E-state index contributed by atoms with van der Waals surface area (Å²) in [5.41, 5.74) is -0.139. The van der Waals surface area contributed by atoms with Crippen LogP contribution in [0.15, 0.2) is 74.8 Å². The van der Waals surface area contributed by atoms with E-state index in [0.29, 0.717) is 16.7 Å². The summed E-state index contributed by atoms with van der Waals surface area (Å²) < 4.78 is 38.1. The van der Waals surface area contributed by atoms with E-state index in [1.165, 1.54) is 30.3 Å². The van der Waals surface area contributed by atoms with Gasteiger partial charge >= 0.3 is 5.63 Å². The van der Waals surface area contributed by atoms with Gasteiger partial charge in [0.1, 0.15) is 17.4 Å². The second kappa shape index (κ2) is 7.08. The van der Waals surface area contributed by atoms with Crippen LogP contribution in [0.3, 0.4) is 0 Å². The molecule has 1 atom stereocenters. The minimum absolute atomic E-state index is 0.0979. The molecule has 6 nitrogen and oxygen atoms in total. The fraction of sp³-hybridized carbons (Fsp3) is 0.167. The highest BCUT2D eigenvalue weighted by molar-refractivity contribution is 7.89. The molecule has 0 spiro atoms. The first-order chi connectivity index (χ1) is 11.9. The van der Waals surface area contributed by atoms with Crippen LogP contribution in [0.2, 0.25) is 0 Å². The van der Waals surface area contributed by atoms with E-state index in [1.54, 1.807) is 6.92 Å². The number of fused-ring (bicyclic) bond motifs is 1. The number of rotatable bonds is 6. The van der Waals surface area contributed by atoms with Gasteiger partial charge in [-0.1, -0.05) is 18.2 Å². The van der Waals surface area contributed by atoms with E-state index in [0.717, 1.165) is 0 Å². The van der Waals surface area contributed by atoms with E-state index in [4.69, 9.17) is 9.15 Å². The maximum atomic E-state index is 12.4. The summed E-state index contributed by atoms with van der Waals surface area (Å²) in [7, 11) is -3.70. The predicted octanol–water partition coefficient (Wildman–Crippen LogP) is 2.54.